The summed E-state index contributed by atoms with van der Waals surface area (Å²) in [6.07, 6.45) is 3.24. The molecule has 1 aromatic carbocycles. The maximum Gasteiger partial charge on any atom is 0.274 e. The number of nitrogens with zero attached hydrogens (tertiary/aromatic N) is 3. The quantitative estimate of drug-likeness (QED) is 0.688. The van der Waals surface area contributed by atoms with Crippen LogP contribution in [0, 0.1) is 0 Å². The summed E-state index contributed by atoms with van der Waals surface area (Å²) in [7, 11) is 0. The van der Waals surface area contributed by atoms with E-state index in [0.717, 1.165) is 14.7 Å². The van der Waals surface area contributed by atoms with Crippen LogP contribution in [-0.2, 0) is 0 Å². The highest BCUT2D eigenvalue weighted by molar-refractivity contribution is 9.10. The Morgan fingerprint density at radius 1 is 1.30 bits per heavy atom. The van der Waals surface area contributed by atoms with Crippen molar-refractivity contribution in [3.05, 3.63) is 52.8 Å². The highest BCUT2D eigenvalue weighted by Gasteiger charge is 2.33. The average molecular weight is 390 g/mol. The Bertz CT molecular complexity index is 843. The number of carbonyl (C=O) groups is 1. The minimum absolute atomic E-state index is 0.000348. The van der Waals surface area contributed by atoms with Crippen LogP contribution in [0.2, 0.25) is 0 Å². The highest BCUT2D eigenvalue weighted by atomic mass is 79.9. The molecule has 1 amide bonds. The number of hydrogen-bond acceptors (Lipinski definition) is 5. The maximum absolute atomic E-state index is 12.3. The molecule has 1 fully saturated rings. The molecule has 0 N–H and O–H groups in total. The Balaban J connectivity index is 1.38. The zero-order valence-corrected chi connectivity index (χ0v) is 14.4. The van der Waals surface area contributed by atoms with Gasteiger partial charge in [-0.05, 0) is 34.1 Å². The van der Waals surface area contributed by atoms with E-state index in [1.165, 1.54) is 11.3 Å². The number of ether oxygens (including phenoxy) is 1. The van der Waals surface area contributed by atoms with Crippen molar-refractivity contribution in [1.29, 1.82) is 0 Å². The monoisotopic (exact) mass is 389 g/mol. The number of halogens is 1. The number of thiazole rings is 1. The van der Waals surface area contributed by atoms with Crippen LogP contribution in [0.25, 0.3) is 10.2 Å². The van der Waals surface area contributed by atoms with Gasteiger partial charge in [-0.15, -0.1) is 0 Å². The summed E-state index contributed by atoms with van der Waals surface area (Å²) in [5, 5.41) is 0.660. The van der Waals surface area contributed by atoms with E-state index in [0.29, 0.717) is 23.8 Å². The normalized spacial score (nSPS) is 14.7. The summed E-state index contributed by atoms with van der Waals surface area (Å²) >= 11 is 4.86. The molecule has 0 saturated carbocycles. The second-order valence-electron chi connectivity index (χ2n) is 5.29. The fourth-order valence-electron chi connectivity index (χ4n) is 2.43. The molecule has 23 heavy (non-hydrogen) atoms. The van der Waals surface area contributed by atoms with Crippen LogP contribution < -0.4 is 4.74 Å². The molecule has 0 atom stereocenters. The fraction of sp³-hybridized carbons (Fsp3) is 0.188. The average Bonchev–Trinajstić information content (AvgIpc) is 2.92. The van der Waals surface area contributed by atoms with Crippen LogP contribution in [0.15, 0.2) is 47.2 Å². The summed E-state index contributed by atoms with van der Waals surface area (Å²) in [5.74, 6) is -0.0250. The van der Waals surface area contributed by atoms with Crippen molar-refractivity contribution in [2.24, 2.45) is 0 Å². The topological polar surface area (TPSA) is 55.3 Å². The molecule has 4 rings (SSSR count). The third-order valence-electron chi connectivity index (χ3n) is 3.63. The minimum Gasteiger partial charge on any atom is -0.463 e. The molecule has 2 aromatic heterocycles. The number of carbonyl (C=O) groups excluding carboxylic acids is 1. The number of benzene rings is 1. The molecule has 7 heteroatoms. The Morgan fingerprint density at radius 2 is 2.13 bits per heavy atom. The van der Waals surface area contributed by atoms with Gasteiger partial charge in [0, 0.05) is 16.9 Å². The first-order valence-corrected chi connectivity index (χ1v) is 8.72. The molecular weight excluding hydrogens is 378 g/mol. The highest BCUT2D eigenvalue weighted by Crippen LogP contribution is 2.29. The number of para-hydroxylation sites is 1. The van der Waals surface area contributed by atoms with E-state index in [1.54, 1.807) is 23.4 Å². The van der Waals surface area contributed by atoms with Gasteiger partial charge in [0.2, 0.25) is 0 Å². The number of fused-ring (bicyclic) bond motifs is 1. The zero-order valence-electron chi connectivity index (χ0n) is 12.0. The molecule has 3 aromatic rings. The van der Waals surface area contributed by atoms with Gasteiger partial charge in [-0.25, -0.2) is 4.98 Å². The molecule has 1 aliphatic heterocycles. The number of amides is 1. The number of aromatic nitrogens is 2. The number of pyridine rings is 1. The van der Waals surface area contributed by atoms with Crippen LogP contribution in [0.3, 0.4) is 0 Å². The molecule has 0 radical (unpaired) electrons. The van der Waals surface area contributed by atoms with Crippen LogP contribution in [0.4, 0.5) is 0 Å². The van der Waals surface area contributed by atoms with Gasteiger partial charge in [-0.1, -0.05) is 23.5 Å². The van der Waals surface area contributed by atoms with E-state index >= 15 is 0 Å². The fourth-order valence-corrected chi connectivity index (χ4v) is 3.68. The van der Waals surface area contributed by atoms with Gasteiger partial charge < -0.3 is 9.64 Å². The van der Waals surface area contributed by atoms with Gasteiger partial charge in [0.25, 0.3) is 11.1 Å². The first kappa shape index (κ1) is 14.6. The number of likely N-dealkylation sites (tertiary alicyclic amines) is 1. The van der Waals surface area contributed by atoms with Crippen molar-refractivity contribution < 1.29 is 9.53 Å². The van der Waals surface area contributed by atoms with Gasteiger partial charge in [-0.3, -0.25) is 9.78 Å². The summed E-state index contributed by atoms with van der Waals surface area (Å²) in [5.41, 5.74) is 1.53. The lowest BCUT2D eigenvalue weighted by atomic mass is 10.1. The first-order chi connectivity index (χ1) is 11.2. The maximum atomic E-state index is 12.3. The van der Waals surface area contributed by atoms with E-state index in [4.69, 9.17) is 4.74 Å². The lowest BCUT2D eigenvalue weighted by molar-refractivity contribution is 0.0177. The predicted octanol–water partition coefficient (Wildman–Crippen LogP) is 3.36. The van der Waals surface area contributed by atoms with E-state index in [1.807, 2.05) is 24.3 Å². The molecule has 5 nitrogen and oxygen atoms in total. The molecule has 0 unspecified atom stereocenters. The molecule has 0 aliphatic carbocycles. The number of hydrogen-bond donors (Lipinski definition) is 0. The smallest absolute Gasteiger partial charge is 0.274 e. The van der Waals surface area contributed by atoms with Gasteiger partial charge >= 0.3 is 0 Å². The van der Waals surface area contributed by atoms with Gasteiger partial charge in [0.15, 0.2) is 0 Å². The van der Waals surface area contributed by atoms with Crippen molar-refractivity contribution >= 4 is 43.4 Å². The van der Waals surface area contributed by atoms with Crippen molar-refractivity contribution in [2.45, 2.75) is 6.10 Å². The molecule has 3 heterocycles. The third-order valence-corrected chi connectivity index (χ3v) is 4.99. The van der Waals surface area contributed by atoms with Crippen LogP contribution >= 0.6 is 27.3 Å². The lowest BCUT2D eigenvalue weighted by Gasteiger charge is -2.38. The summed E-state index contributed by atoms with van der Waals surface area (Å²) in [4.78, 5) is 22.5. The van der Waals surface area contributed by atoms with Crippen molar-refractivity contribution in [1.82, 2.24) is 14.9 Å². The second kappa shape index (κ2) is 5.90. The van der Waals surface area contributed by atoms with Gasteiger partial charge in [0.05, 0.1) is 28.9 Å². The van der Waals surface area contributed by atoms with Crippen molar-refractivity contribution in [3.8, 4) is 5.19 Å². The van der Waals surface area contributed by atoms with E-state index in [9.17, 15) is 4.79 Å². The first-order valence-electron chi connectivity index (χ1n) is 7.11. The SMILES string of the molecule is O=C(c1cncc(Br)c1)N1CC(Oc2nc3ccccc3s2)C1. The van der Waals surface area contributed by atoms with Crippen molar-refractivity contribution in [3.63, 3.8) is 0 Å². The second-order valence-corrected chi connectivity index (χ2v) is 7.20. The summed E-state index contributed by atoms with van der Waals surface area (Å²) < 4.78 is 7.77. The molecule has 1 saturated heterocycles. The number of rotatable bonds is 3. The van der Waals surface area contributed by atoms with Crippen LogP contribution in [0.1, 0.15) is 10.4 Å². The molecule has 116 valence electrons. The molecular formula is C16H12BrN3O2S. The summed E-state index contributed by atoms with van der Waals surface area (Å²) in [6, 6.07) is 9.71. The van der Waals surface area contributed by atoms with E-state index < -0.39 is 0 Å². The molecule has 0 spiro atoms. The zero-order chi connectivity index (χ0) is 15.8. The third kappa shape index (κ3) is 2.94. The van der Waals surface area contributed by atoms with E-state index in [2.05, 4.69) is 25.9 Å². The Morgan fingerprint density at radius 3 is 2.91 bits per heavy atom. The predicted molar refractivity (Wildman–Crippen MR) is 91.9 cm³/mol. The standard InChI is InChI=1S/C16H12BrN3O2S/c17-11-5-10(6-18-7-11)15(21)20-8-12(9-20)22-16-19-13-3-1-2-4-14(13)23-16/h1-7,12H,8-9H2. The minimum atomic E-state index is -0.0250. The van der Waals surface area contributed by atoms with Gasteiger partial charge in [0.1, 0.15) is 6.10 Å². The van der Waals surface area contributed by atoms with E-state index in [-0.39, 0.29) is 12.0 Å². The van der Waals surface area contributed by atoms with Gasteiger partial charge in [-0.2, -0.15) is 0 Å². The Labute approximate surface area is 145 Å². The Hall–Kier alpha value is -1.99. The van der Waals surface area contributed by atoms with Crippen molar-refractivity contribution in [2.75, 3.05) is 13.1 Å². The molecule has 1 aliphatic rings. The van der Waals surface area contributed by atoms with Crippen LogP contribution in [-0.4, -0.2) is 40.0 Å². The molecule has 0 bridgehead atoms. The van der Waals surface area contributed by atoms with Crippen LogP contribution in [0.5, 0.6) is 5.19 Å². The lowest BCUT2D eigenvalue weighted by Crippen LogP contribution is -2.56. The largest absolute Gasteiger partial charge is 0.463 e. The summed E-state index contributed by atoms with van der Waals surface area (Å²) in [6.45, 7) is 1.14. The Kier molecular flexibility index (Phi) is 3.74.